The molecule has 1 aliphatic rings. The van der Waals surface area contributed by atoms with Crippen LogP contribution in [0, 0.1) is 0 Å². The van der Waals surface area contributed by atoms with Gasteiger partial charge in [0, 0.05) is 31.8 Å². The van der Waals surface area contributed by atoms with Gasteiger partial charge in [0.15, 0.2) is 0 Å². The third-order valence-electron chi connectivity index (χ3n) is 4.28. The molecule has 2 rings (SSSR count). The summed E-state index contributed by atoms with van der Waals surface area (Å²) in [6, 6.07) is 6.30. The number of carbonyl (C=O) groups excluding carboxylic acids is 3. The van der Waals surface area contributed by atoms with Crippen molar-refractivity contribution < 1.29 is 28.6 Å². The second-order valence-corrected chi connectivity index (χ2v) is 6.18. The molecule has 0 saturated carbocycles. The number of ether oxygens (including phenoxy) is 3. The lowest BCUT2D eigenvalue weighted by atomic mass is 10.0. The lowest BCUT2D eigenvalue weighted by Gasteiger charge is -2.32. The fraction of sp³-hybridized carbons (Fsp3) is 0.526. The Morgan fingerprint density at radius 2 is 1.81 bits per heavy atom. The number of methoxy groups -OCH3 is 1. The van der Waals surface area contributed by atoms with E-state index in [0.717, 1.165) is 0 Å². The van der Waals surface area contributed by atoms with Gasteiger partial charge in [0.2, 0.25) is 5.91 Å². The van der Waals surface area contributed by atoms with Gasteiger partial charge in [0.1, 0.15) is 5.75 Å². The molecule has 0 aliphatic carbocycles. The van der Waals surface area contributed by atoms with Gasteiger partial charge in [0.25, 0.3) is 5.91 Å². The van der Waals surface area contributed by atoms with Crippen molar-refractivity contribution in [2.45, 2.75) is 32.2 Å². The van der Waals surface area contributed by atoms with Crippen LogP contribution in [0.4, 0.5) is 4.79 Å². The molecule has 1 fully saturated rings. The SMILES string of the molecule is CCOC(=O)Oc1ccc(C(=O)NC2CCN(C(=O)CCOC)CC2)cc1. The summed E-state index contributed by atoms with van der Waals surface area (Å²) in [5.41, 5.74) is 0.477. The predicted molar refractivity (Wildman–Crippen MR) is 97.7 cm³/mol. The lowest BCUT2D eigenvalue weighted by molar-refractivity contribution is -0.133. The molecule has 0 unspecified atom stereocenters. The van der Waals surface area contributed by atoms with Crippen LogP contribution < -0.4 is 10.1 Å². The van der Waals surface area contributed by atoms with E-state index in [0.29, 0.717) is 50.3 Å². The number of nitrogens with one attached hydrogen (secondary N) is 1. The standard InChI is InChI=1S/C19H26N2O6/c1-3-26-19(24)27-16-6-4-14(5-7-16)18(23)20-15-8-11-21(12-9-15)17(22)10-13-25-2/h4-7,15H,3,8-13H2,1-2H3,(H,20,23). The molecule has 1 aliphatic heterocycles. The Kier molecular flexibility index (Phi) is 8.06. The highest BCUT2D eigenvalue weighted by atomic mass is 16.7. The third kappa shape index (κ3) is 6.56. The average molecular weight is 378 g/mol. The van der Waals surface area contributed by atoms with Crippen molar-refractivity contribution in [2.75, 3.05) is 33.4 Å². The van der Waals surface area contributed by atoms with Gasteiger partial charge in [-0.05, 0) is 44.0 Å². The summed E-state index contributed by atoms with van der Waals surface area (Å²) in [5, 5.41) is 2.98. The molecule has 0 radical (unpaired) electrons. The second kappa shape index (κ2) is 10.5. The Hall–Kier alpha value is -2.61. The van der Waals surface area contributed by atoms with E-state index in [4.69, 9.17) is 14.2 Å². The van der Waals surface area contributed by atoms with Gasteiger partial charge in [-0.25, -0.2) is 4.79 Å². The highest BCUT2D eigenvalue weighted by molar-refractivity contribution is 5.94. The zero-order valence-corrected chi connectivity index (χ0v) is 15.7. The zero-order valence-electron chi connectivity index (χ0n) is 15.7. The molecule has 0 atom stereocenters. The molecular weight excluding hydrogens is 352 g/mol. The van der Waals surface area contributed by atoms with Crippen molar-refractivity contribution in [3.8, 4) is 5.75 Å². The highest BCUT2D eigenvalue weighted by Crippen LogP contribution is 2.15. The predicted octanol–water partition coefficient (Wildman–Crippen LogP) is 1.98. The number of carbonyl (C=O) groups is 3. The smallest absolute Gasteiger partial charge is 0.434 e. The Balaban J connectivity index is 1.79. The number of piperidine rings is 1. The molecule has 148 valence electrons. The van der Waals surface area contributed by atoms with Gasteiger partial charge in [0.05, 0.1) is 19.6 Å². The third-order valence-corrected chi connectivity index (χ3v) is 4.28. The number of rotatable bonds is 7. The number of nitrogens with zero attached hydrogens (tertiary/aromatic N) is 1. The quantitative estimate of drug-likeness (QED) is 0.576. The molecule has 0 aromatic heterocycles. The number of hydrogen-bond donors (Lipinski definition) is 1. The van der Waals surface area contributed by atoms with Gasteiger partial charge in [-0.15, -0.1) is 0 Å². The second-order valence-electron chi connectivity index (χ2n) is 6.18. The minimum Gasteiger partial charge on any atom is -0.434 e. The van der Waals surface area contributed by atoms with E-state index in [1.165, 1.54) is 0 Å². The van der Waals surface area contributed by atoms with Crippen LogP contribution in [-0.4, -0.2) is 62.3 Å². The zero-order chi connectivity index (χ0) is 19.6. The van der Waals surface area contributed by atoms with Crippen LogP contribution in [-0.2, 0) is 14.3 Å². The van der Waals surface area contributed by atoms with Crippen molar-refractivity contribution in [3.05, 3.63) is 29.8 Å². The van der Waals surface area contributed by atoms with Crippen LogP contribution in [0.25, 0.3) is 0 Å². The first-order chi connectivity index (χ1) is 13.0. The molecule has 8 nitrogen and oxygen atoms in total. The summed E-state index contributed by atoms with van der Waals surface area (Å²) >= 11 is 0. The fourth-order valence-corrected chi connectivity index (χ4v) is 2.81. The number of benzene rings is 1. The van der Waals surface area contributed by atoms with Crippen molar-refractivity contribution in [1.29, 1.82) is 0 Å². The average Bonchev–Trinajstić information content (AvgIpc) is 2.67. The largest absolute Gasteiger partial charge is 0.513 e. The van der Waals surface area contributed by atoms with Crippen molar-refractivity contribution in [2.24, 2.45) is 0 Å². The van der Waals surface area contributed by atoms with E-state index in [9.17, 15) is 14.4 Å². The first-order valence-electron chi connectivity index (χ1n) is 9.05. The molecule has 0 bridgehead atoms. The fourth-order valence-electron chi connectivity index (χ4n) is 2.81. The van der Waals surface area contributed by atoms with Crippen LogP contribution in [0.1, 0.15) is 36.5 Å². The summed E-state index contributed by atoms with van der Waals surface area (Å²) in [5.74, 6) is 0.202. The molecule has 0 spiro atoms. The monoisotopic (exact) mass is 378 g/mol. The van der Waals surface area contributed by atoms with E-state index in [-0.39, 0.29) is 24.5 Å². The number of amides is 2. The van der Waals surface area contributed by atoms with Crippen molar-refractivity contribution in [3.63, 3.8) is 0 Å². The first kappa shape index (κ1) is 20.7. The minimum absolute atomic E-state index is 0.0273. The normalized spacial score (nSPS) is 14.5. The molecule has 2 amide bonds. The highest BCUT2D eigenvalue weighted by Gasteiger charge is 2.23. The van der Waals surface area contributed by atoms with E-state index in [1.807, 2.05) is 4.90 Å². The molecule has 1 aromatic rings. The van der Waals surface area contributed by atoms with Crippen LogP contribution in [0.15, 0.2) is 24.3 Å². The van der Waals surface area contributed by atoms with Crippen LogP contribution in [0.2, 0.25) is 0 Å². The Morgan fingerprint density at radius 3 is 2.41 bits per heavy atom. The number of hydrogen-bond acceptors (Lipinski definition) is 6. The number of likely N-dealkylation sites (tertiary alicyclic amines) is 1. The first-order valence-corrected chi connectivity index (χ1v) is 9.05. The molecule has 27 heavy (non-hydrogen) atoms. The Labute approximate surface area is 158 Å². The molecule has 1 aromatic carbocycles. The minimum atomic E-state index is -0.776. The van der Waals surface area contributed by atoms with Gasteiger partial charge < -0.3 is 24.4 Å². The van der Waals surface area contributed by atoms with Gasteiger partial charge in [-0.1, -0.05) is 0 Å². The molecule has 1 saturated heterocycles. The Bertz CT molecular complexity index is 638. The van der Waals surface area contributed by atoms with Crippen molar-refractivity contribution >= 4 is 18.0 Å². The topological polar surface area (TPSA) is 94.2 Å². The summed E-state index contributed by atoms with van der Waals surface area (Å²) in [4.78, 5) is 37.4. The Morgan fingerprint density at radius 1 is 1.15 bits per heavy atom. The van der Waals surface area contributed by atoms with E-state index < -0.39 is 6.16 Å². The van der Waals surface area contributed by atoms with E-state index >= 15 is 0 Å². The van der Waals surface area contributed by atoms with E-state index in [1.54, 1.807) is 38.3 Å². The molecular formula is C19H26N2O6. The molecule has 8 heteroatoms. The summed E-state index contributed by atoms with van der Waals surface area (Å²) in [6.45, 7) is 3.59. The maximum atomic E-state index is 12.4. The summed E-state index contributed by atoms with van der Waals surface area (Å²) in [7, 11) is 1.57. The maximum Gasteiger partial charge on any atom is 0.513 e. The van der Waals surface area contributed by atoms with Gasteiger partial charge in [-0.2, -0.15) is 0 Å². The van der Waals surface area contributed by atoms with Crippen LogP contribution >= 0.6 is 0 Å². The summed E-state index contributed by atoms with van der Waals surface area (Å²) in [6.07, 6.45) is 1.04. The lowest BCUT2D eigenvalue weighted by Crippen LogP contribution is -2.46. The van der Waals surface area contributed by atoms with Gasteiger partial charge in [-0.3, -0.25) is 9.59 Å². The van der Waals surface area contributed by atoms with Gasteiger partial charge >= 0.3 is 6.16 Å². The maximum absolute atomic E-state index is 12.4. The summed E-state index contributed by atoms with van der Waals surface area (Å²) < 4.78 is 14.6. The van der Waals surface area contributed by atoms with E-state index in [2.05, 4.69) is 5.32 Å². The van der Waals surface area contributed by atoms with Crippen LogP contribution in [0.3, 0.4) is 0 Å². The molecule has 1 N–H and O–H groups in total. The van der Waals surface area contributed by atoms with Crippen molar-refractivity contribution in [1.82, 2.24) is 10.2 Å². The van der Waals surface area contributed by atoms with Crippen LogP contribution in [0.5, 0.6) is 5.75 Å². The molecule has 1 heterocycles.